The van der Waals surface area contributed by atoms with Gasteiger partial charge in [0, 0.05) is 14.5 Å². The van der Waals surface area contributed by atoms with Gasteiger partial charge in [0.2, 0.25) is 0 Å². The summed E-state index contributed by atoms with van der Waals surface area (Å²) in [5, 5.41) is 0. The largest absolute Gasteiger partial charge is 2.00 e. The van der Waals surface area contributed by atoms with E-state index in [1.807, 2.05) is 31.3 Å². The molecule has 5 heteroatoms. The second-order valence-electron chi connectivity index (χ2n) is 3.15. The maximum atomic E-state index is 5.64. The Morgan fingerprint density at radius 2 is 2.28 bits per heavy atom. The van der Waals surface area contributed by atoms with Crippen molar-refractivity contribution in [3.63, 3.8) is 0 Å². The van der Waals surface area contributed by atoms with Crippen LogP contribution < -0.4 is 4.52 Å². The van der Waals surface area contributed by atoms with E-state index in [0.29, 0.717) is 0 Å². The Morgan fingerprint density at radius 1 is 1.61 bits per heavy atom. The van der Waals surface area contributed by atoms with E-state index in [9.17, 15) is 0 Å². The van der Waals surface area contributed by atoms with Gasteiger partial charge in [-0.05, 0) is 0 Å². The third-order valence-corrected chi connectivity index (χ3v) is 3.53. The predicted molar refractivity (Wildman–Crippen MR) is 74.8 cm³/mol. The van der Waals surface area contributed by atoms with Gasteiger partial charge in [0.15, 0.2) is 0 Å². The smallest absolute Gasteiger partial charge is 0.328 e. The van der Waals surface area contributed by atoms with Gasteiger partial charge in [-0.15, -0.1) is 16.8 Å². The van der Waals surface area contributed by atoms with Gasteiger partial charge in [0.25, 0.3) is 0 Å². The van der Waals surface area contributed by atoms with Crippen LogP contribution in [-0.4, -0.2) is 24.9 Å². The molecule has 0 bridgehead atoms. The molecule has 1 aliphatic rings. The molecule has 0 aliphatic carbocycles. The fourth-order valence-corrected chi connectivity index (χ4v) is 2.40. The van der Waals surface area contributed by atoms with Gasteiger partial charge < -0.3 is 4.52 Å². The van der Waals surface area contributed by atoms with Crippen LogP contribution in [-0.2, 0) is 21.0 Å². The second-order valence-corrected chi connectivity index (χ2v) is 4.94. The molecule has 0 aromatic heterocycles. The number of para-hydroxylation sites is 1. The fraction of sp³-hybridized carbons (Fsp3) is 0.231. The summed E-state index contributed by atoms with van der Waals surface area (Å²) in [5.41, 5.74) is 0. The third kappa shape index (κ3) is 6.93. The Morgan fingerprint density at radius 3 is 2.72 bits per heavy atom. The van der Waals surface area contributed by atoms with Gasteiger partial charge in [-0.1, -0.05) is 0 Å². The van der Waals surface area contributed by atoms with Crippen molar-refractivity contribution in [2.45, 2.75) is 0 Å². The summed E-state index contributed by atoms with van der Waals surface area (Å²) in [4.78, 5) is 0. The zero-order valence-corrected chi connectivity index (χ0v) is 12.8. The summed E-state index contributed by atoms with van der Waals surface area (Å²) >= 11 is 0. The van der Waals surface area contributed by atoms with Crippen molar-refractivity contribution < 1.29 is 25.5 Å². The van der Waals surface area contributed by atoms with Crippen molar-refractivity contribution in [2.24, 2.45) is 0 Å². The van der Waals surface area contributed by atoms with Crippen LogP contribution in [0.5, 0.6) is 5.75 Å². The molecule has 2 rings (SSSR count). The quantitative estimate of drug-likeness (QED) is 0.475. The number of likely N-dealkylation sites (N-methyl/N-ethyl adjacent to an activating group) is 1. The molecular formula is C13H20NNiO2P+2. The molecule has 1 fully saturated rings. The van der Waals surface area contributed by atoms with Crippen LogP contribution >= 0.6 is 8.53 Å². The zero-order valence-electron chi connectivity index (χ0n) is 10.8. The van der Waals surface area contributed by atoms with Crippen molar-refractivity contribution in [2.75, 3.05) is 20.2 Å². The summed E-state index contributed by atoms with van der Waals surface area (Å²) < 4.78 is 13.2. The van der Waals surface area contributed by atoms with Crippen LogP contribution in [0.15, 0.2) is 36.9 Å². The van der Waals surface area contributed by atoms with E-state index < -0.39 is 8.53 Å². The topological polar surface area (TPSA) is 21.7 Å². The van der Waals surface area contributed by atoms with Gasteiger partial charge in [-0.3, -0.25) is 0 Å². The standard InChI is InChI=1S/C9H11NO2P.C3H5.CH3.Ni/c1-10-7-8-11-13(10)12-9-5-3-2-4-6-9;1-3-2;;/h2-5H,7-8H2,1H3;3H,1-2H2;1H3;/q2*-1;+1;+2/p+1. The van der Waals surface area contributed by atoms with Crippen LogP contribution in [0.25, 0.3) is 0 Å². The average Bonchev–Trinajstić information content (AvgIpc) is 2.67. The van der Waals surface area contributed by atoms with Gasteiger partial charge >= 0.3 is 25.0 Å². The van der Waals surface area contributed by atoms with Gasteiger partial charge in [0.1, 0.15) is 6.61 Å². The molecule has 1 aliphatic heterocycles. The van der Waals surface area contributed by atoms with Gasteiger partial charge in [0.05, 0.1) is 12.3 Å². The van der Waals surface area contributed by atoms with Crippen molar-refractivity contribution in [1.82, 2.24) is 4.67 Å². The van der Waals surface area contributed by atoms with Crippen LogP contribution in [0.1, 0.15) is 0 Å². The number of rotatable bonds is 2. The molecule has 102 valence electrons. The summed E-state index contributed by atoms with van der Waals surface area (Å²) in [6, 6.07) is 10.6. The van der Waals surface area contributed by atoms with Gasteiger partial charge in [-0.2, -0.15) is 22.7 Å². The maximum Gasteiger partial charge on any atom is 2.00 e. The third-order valence-electron chi connectivity index (χ3n) is 1.84. The Labute approximate surface area is 122 Å². The van der Waals surface area contributed by atoms with E-state index in [2.05, 4.69) is 24.2 Å². The minimum atomic E-state index is -1.24. The van der Waals surface area contributed by atoms with E-state index in [1.165, 1.54) is 6.08 Å². The molecular weight excluding hydrogens is 292 g/mol. The van der Waals surface area contributed by atoms with Crippen molar-refractivity contribution in [1.29, 1.82) is 0 Å². The average molecular weight is 312 g/mol. The van der Waals surface area contributed by atoms with E-state index in [-0.39, 0.29) is 23.9 Å². The molecule has 0 N–H and O–H groups in total. The molecule has 1 atom stereocenters. The monoisotopic (exact) mass is 311 g/mol. The molecule has 0 radical (unpaired) electrons. The summed E-state index contributed by atoms with van der Waals surface area (Å²) in [6.45, 7) is 8.23. The minimum Gasteiger partial charge on any atom is -0.328 e. The molecule has 0 spiro atoms. The predicted octanol–water partition coefficient (Wildman–Crippen LogP) is 3.24. The molecule has 1 saturated heterocycles. The minimum absolute atomic E-state index is 0. The molecule has 1 aromatic carbocycles. The van der Waals surface area contributed by atoms with Gasteiger partial charge in [-0.25, -0.2) is 19.6 Å². The number of hydrogen-bond donors (Lipinski definition) is 0. The van der Waals surface area contributed by atoms with Crippen LogP contribution in [0.2, 0.25) is 0 Å². The van der Waals surface area contributed by atoms with Crippen LogP contribution in [0.4, 0.5) is 0 Å². The SMILES string of the molecule is C=C[CH2-].CN1CCO[PH+]1Oc1[c-]cccc1.[CH3+].[Ni+2]. The first-order chi connectivity index (χ1) is 7.77. The first-order valence-corrected chi connectivity index (χ1v) is 6.30. The number of allylic oxidation sites excluding steroid dienone is 1. The summed E-state index contributed by atoms with van der Waals surface area (Å²) in [7, 11) is 0.778. The molecule has 1 aromatic rings. The molecule has 0 amide bonds. The Balaban J connectivity index is 0. The van der Waals surface area contributed by atoms with Crippen LogP contribution in [0.3, 0.4) is 0 Å². The molecule has 1 heterocycles. The van der Waals surface area contributed by atoms with Crippen molar-refractivity contribution >= 4 is 8.53 Å². The normalized spacial score (nSPS) is 17.5. The Hall–Kier alpha value is -0.656. The molecule has 0 saturated carbocycles. The first kappa shape index (κ1) is 19.7. The van der Waals surface area contributed by atoms with E-state index in [4.69, 9.17) is 9.05 Å². The summed E-state index contributed by atoms with van der Waals surface area (Å²) in [5.74, 6) is 0.769. The number of hydrogen-bond acceptors (Lipinski definition) is 3. The Bertz CT molecular complexity index is 311. The fourth-order valence-electron chi connectivity index (χ4n) is 1.11. The molecule has 18 heavy (non-hydrogen) atoms. The van der Waals surface area contributed by atoms with E-state index in [1.54, 1.807) is 0 Å². The molecule has 1 unspecified atom stereocenters. The maximum absolute atomic E-state index is 5.64. The first-order valence-electron chi connectivity index (χ1n) is 5.03. The Kier molecular flexibility index (Phi) is 12.5. The number of nitrogens with zero attached hydrogens (tertiary/aromatic N) is 1. The van der Waals surface area contributed by atoms with E-state index in [0.717, 1.165) is 18.9 Å². The summed E-state index contributed by atoms with van der Waals surface area (Å²) in [6.07, 6.45) is 1.50. The van der Waals surface area contributed by atoms with Crippen molar-refractivity contribution in [3.05, 3.63) is 57.3 Å². The molecule has 3 nitrogen and oxygen atoms in total. The number of benzene rings is 1. The van der Waals surface area contributed by atoms with E-state index >= 15 is 0 Å². The van der Waals surface area contributed by atoms with Crippen LogP contribution in [0, 0.1) is 20.4 Å². The zero-order chi connectivity index (χ0) is 11.8. The second kappa shape index (κ2) is 11.4. The van der Waals surface area contributed by atoms with Crippen molar-refractivity contribution in [3.8, 4) is 5.75 Å².